The first-order valence-electron chi connectivity index (χ1n) is 23.4. The summed E-state index contributed by atoms with van der Waals surface area (Å²) >= 11 is 0. The van der Waals surface area contributed by atoms with Crippen molar-refractivity contribution in [2.24, 2.45) is 5.41 Å². The van der Waals surface area contributed by atoms with E-state index in [9.17, 15) is 0 Å². The first-order chi connectivity index (χ1) is 32.2. The van der Waals surface area contributed by atoms with Gasteiger partial charge in [-0.05, 0) is 131 Å². The van der Waals surface area contributed by atoms with Crippen molar-refractivity contribution in [3.05, 3.63) is 258 Å². The molecule has 2 heterocycles. The van der Waals surface area contributed by atoms with E-state index in [0.717, 1.165) is 5.69 Å². The van der Waals surface area contributed by atoms with E-state index in [0.29, 0.717) is 0 Å². The quantitative estimate of drug-likeness (QED) is 0.157. The van der Waals surface area contributed by atoms with Gasteiger partial charge in [0.2, 0.25) is 0 Å². The molecule has 1 aromatic heterocycles. The van der Waals surface area contributed by atoms with Gasteiger partial charge in [-0.1, -0.05) is 188 Å². The molecule has 0 N–H and O–H groups in total. The monoisotopic (exact) mass is 846 g/mol. The zero-order valence-corrected chi connectivity index (χ0v) is 37.8. The van der Waals surface area contributed by atoms with Crippen molar-refractivity contribution in [1.29, 1.82) is 0 Å². The van der Waals surface area contributed by atoms with E-state index < -0.39 is 5.54 Å². The molecular weight excluding hydrogens is 797 g/mol. The van der Waals surface area contributed by atoms with E-state index in [2.05, 4.69) is 268 Å². The Morgan fingerprint density at radius 1 is 0.424 bits per heavy atom. The van der Waals surface area contributed by atoms with Crippen molar-refractivity contribution in [3.8, 4) is 27.9 Å². The van der Waals surface area contributed by atoms with Crippen molar-refractivity contribution in [2.75, 3.05) is 4.90 Å². The normalized spacial score (nSPS) is 23.8. The lowest BCUT2D eigenvalue weighted by Gasteiger charge is -2.62. The van der Waals surface area contributed by atoms with Gasteiger partial charge in [0, 0.05) is 44.1 Å². The van der Waals surface area contributed by atoms with Crippen molar-refractivity contribution in [2.45, 2.75) is 44.1 Å². The van der Waals surface area contributed by atoms with Crippen LogP contribution in [0.25, 0.3) is 60.5 Å². The summed E-state index contributed by atoms with van der Waals surface area (Å²) in [4.78, 5) is 2.63. The Hall–Kier alpha value is -7.68. The number of benzene rings is 8. The molecule has 0 spiro atoms. The molecule has 0 radical (unpaired) electrons. The van der Waals surface area contributed by atoms with Gasteiger partial charge in [0.1, 0.15) is 0 Å². The van der Waals surface area contributed by atoms with Crippen LogP contribution >= 0.6 is 0 Å². The average Bonchev–Trinajstić information content (AvgIpc) is 3.70. The lowest BCUT2D eigenvalue weighted by atomic mass is 9.47. The van der Waals surface area contributed by atoms with Crippen molar-refractivity contribution >= 4 is 44.0 Å². The zero-order valence-electron chi connectivity index (χ0n) is 37.8. The van der Waals surface area contributed by atoms with Crippen molar-refractivity contribution in [1.82, 2.24) is 4.57 Å². The zero-order chi connectivity index (χ0) is 44.4. The van der Waals surface area contributed by atoms with Gasteiger partial charge in [-0.2, -0.15) is 0 Å². The summed E-state index contributed by atoms with van der Waals surface area (Å²) in [6.07, 6.45) is 17.0. The Balaban J connectivity index is 0.950. The maximum Gasteiger partial charge on any atom is 0.0833 e. The molecule has 2 heteroatoms. The summed E-state index contributed by atoms with van der Waals surface area (Å²) < 4.78 is 2.40. The fourth-order valence-electron chi connectivity index (χ4n) is 12.8. The molecule has 8 aromatic carbocycles. The summed E-state index contributed by atoms with van der Waals surface area (Å²) in [7, 11) is 0. The second-order valence-electron chi connectivity index (χ2n) is 19.6. The number of nitrogens with zero attached hydrogens (tertiary/aromatic N) is 2. The van der Waals surface area contributed by atoms with Gasteiger partial charge in [0.15, 0.2) is 0 Å². The minimum absolute atomic E-state index is 0.318. The number of rotatable bonds is 5. The number of fused-ring (bicyclic) bond motifs is 8. The number of allylic oxidation sites excluding steroid dienone is 8. The van der Waals surface area contributed by atoms with Crippen LogP contribution in [0.15, 0.2) is 247 Å². The summed E-state index contributed by atoms with van der Waals surface area (Å²) in [5.74, 6) is 0. The average molecular weight is 847 g/mol. The molecule has 3 aliphatic carbocycles. The molecule has 1 aliphatic heterocycles. The van der Waals surface area contributed by atoms with E-state index in [1.165, 1.54) is 94.1 Å². The molecule has 13 rings (SSSR count). The van der Waals surface area contributed by atoms with Crippen LogP contribution in [0.3, 0.4) is 0 Å². The van der Waals surface area contributed by atoms with E-state index in [1.54, 1.807) is 0 Å². The molecule has 0 saturated carbocycles. The molecule has 9 aromatic rings. The summed E-state index contributed by atoms with van der Waals surface area (Å²) in [6.45, 7) is 9.86. The second kappa shape index (κ2) is 13.9. The molecule has 316 valence electrons. The third-order valence-electron chi connectivity index (χ3n) is 15.8. The highest BCUT2D eigenvalue weighted by Crippen LogP contribution is 2.66. The minimum Gasteiger partial charge on any atom is -0.328 e. The molecule has 2 nitrogen and oxygen atoms in total. The Morgan fingerprint density at radius 3 is 1.85 bits per heavy atom. The highest BCUT2D eigenvalue weighted by Gasteiger charge is 2.60. The molecule has 0 amide bonds. The van der Waals surface area contributed by atoms with Crippen LogP contribution in [0.4, 0.5) is 11.4 Å². The smallest absolute Gasteiger partial charge is 0.0833 e. The van der Waals surface area contributed by atoms with Crippen LogP contribution in [-0.2, 0) is 10.8 Å². The topological polar surface area (TPSA) is 8.17 Å². The van der Waals surface area contributed by atoms with E-state index >= 15 is 0 Å². The lowest BCUT2D eigenvalue weighted by Crippen LogP contribution is -2.59. The maximum absolute atomic E-state index is 2.63. The number of hydrogen-bond acceptors (Lipinski definition) is 1. The molecule has 4 atom stereocenters. The second-order valence-corrected chi connectivity index (χ2v) is 19.6. The third-order valence-corrected chi connectivity index (χ3v) is 15.8. The van der Waals surface area contributed by atoms with Crippen LogP contribution in [0.5, 0.6) is 0 Å². The van der Waals surface area contributed by atoms with Crippen LogP contribution in [0, 0.1) is 5.41 Å². The van der Waals surface area contributed by atoms with Crippen LogP contribution in [-0.4, -0.2) is 10.1 Å². The molecule has 0 saturated heterocycles. The summed E-state index contributed by atoms with van der Waals surface area (Å²) in [5, 5.41) is 5.09. The van der Waals surface area contributed by atoms with E-state index in [4.69, 9.17) is 0 Å². The highest BCUT2D eigenvalue weighted by atomic mass is 15.2. The van der Waals surface area contributed by atoms with Gasteiger partial charge in [0.05, 0.1) is 16.6 Å². The fraction of sp³-hybridized carbons (Fsp3) is 0.125. The predicted octanol–water partition coefficient (Wildman–Crippen LogP) is 16.3. The van der Waals surface area contributed by atoms with Crippen molar-refractivity contribution < 1.29 is 0 Å². The van der Waals surface area contributed by atoms with Gasteiger partial charge in [-0.3, -0.25) is 0 Å². The molecule has 66 heavy (non-hydrogen) atoms. The van der Waals surface area contributed by atoms with Crippen LogP contribution < -0.4 is 4.90 Å². The first kappa shape index (κ1) is 38.8. The van der Waals surface area contributed by atoms with Gasteiger partial charge >= 0.3 is 0 Å². The maximum atomic E-state index is 2.63. The first-order valence-corrected chi connectivity index (χ1v) is 23.4. The number of hydrogen-bond donors (Lipinski definition) is 0. The largest absolute Gasteiger partial charge is 0.328 e. The lowest BCUT2D eigenvalue weighted by molar-refractivity contribution is 0.398. The minimum atomic E-state index is -0.473. The molecule has 4 unspecified atom stereocenters. The Kier molecular flexibility index (Phi) is 8.17. The van der Waals surface area contributed by atoms with E-state index in [1.807, 2.05) is 0 Å². The van der Waals surface area contributed by atoms with Gasteiger partial charge in [-0.25, -0.2) is 0 Å². The van der Waals surface area contributed by atoms with Crippen LogP contribution in [0.1, 0.15) is 38.8 Å². The van der Waals surface area contributed by atoms with Crippen molar-refractivity contribution in [3.63, 3.8) is 0 Å². The van der Waals surface area contributed by atoms with Crippen LogP contribution in [0.2, 0.25) is 0 Å². The number of aromatic nitrogens is 1. The number of anilines is 2. The van der Waals surface area contributed by atoms with Gasteiger partial charge in [0.25, 0.3) is 0 Å². The number of para-hydroxylation sites is 3. The summed E-state index contributed by atoms with van der Waals surface area (Å²) in [5.41, 5.74) is 16.3. The van der Waals surface area contributed by atoms with Gasteiger partial charge in [-0.15, -0.1) is 0 Å². The van der Waals surface area contributed by atoms with E-state index in [-0.39, 0.29) is 16.2 Å². The standard InChI is InChI=1S/C64H50N2/c1-61-38-14-13-20-48(61)42-63(3)55-26-9-12-29-58(55)66(49-36-32-43(33-37-49)46-19-15-21-50(41-46)65-56-27-10-7-23-53(56)54-24-8-11-28-57(54)65)64(4)40-39-62(2,59(61)60(63)64)47-34-30-45(31-35-47)52-25-16-18-44-17-5-6-22-51(44)52/h5-42H,1-4H3. The molecular formula is C64H50N2. The molecule has 0 fully saturated rings. The predicted molar refractivity (Wildman–Crippen MR) is 278 cm³/mol. The molecule has 0 bridgehead atoms. The highest BCUT2D eigenvalue weighted by molar-refractivity contribution is 6.09. The Bertz CT molecular complexity index is 3590. The van der Waals surface area contributed by atoms with Gasteiger partial charge < -0.3 is 9.47 Å². The Morgan fingerprint density at radius 2 is 1.08 bits per heavy atom. The fourth-order valence-corrected chi connectivity index (χ4v) is 12.8. The summed E-state index contributed by atoms with van der Waals surface area (Å²) in [6, 6.07) is 69.8. The third kappa shape index (κ3) is 5.30. The SMILES string of the molecule is CC12C=CC=CC1=CC1(C)C3=C2C(C)(c2ccc(-c4cccc5ccccc45)cc2)C=CC3(C)N(c2ccc(-c3cccc(-n4c5ccccc5c5ccccc54)c3)cc2)c2ccccc21. The molecule has 4 aliphatic rings. The Labute approximate surface area is 387 Å².